The molecular formula is C40H47FN12O4. The highest BCUT2D eigenvalue weighted by Crippen LogP contribution is 2.21. The molecule has 3 aromatic carbocycles. The minimum Gasteiger partial charge on any atom is -0.444 e. The number of anilines is 4. The molecule has 0 saturated carbocycles. The first-order chi connectivity index (χ1) is 27.4. The summed E-state index contributed by atoms with van der Waals surface area (Å²) in [6, 6.07) is 20.5. The molecule has 6 rings (SSSR count). The third-order valence-electron chi connectivity index (χ3n) is 8.90. The summed E-state index contributed by atoms with van der Waals surface area (Å²) in [6.45, 7) is 9.63. The van der Waals surface area contributed by atoms with Gasteiger partial charge in [-0.2, -0.15) is 20.2 Å². The Morgan fingerprint density at radius 2 is 1.70 bits per heavy atom. The fourth-order valence-electron chi connectivity index (χ4n) is 6.12. The number of methoxy groups -OCH3 is 1. The molecule has 3 heterocycles. The lowest BCUT2D eigenvalue weighted by Crippen LogP contribution is -2.49. The van der Waals surface area contributed by atoms with Crippen LogP contribution in [0, 0.1) is 17.1 Å². The molecule has 2 amide bonds. The fourth-order valence-corrected chi connectivity index (χ4v) is 6.12. The third kappa shape index (κ3) is 11.8. The third-order valence-corrected chi connectivity index (χ3v) is 8.90. The number of imidazole rings is 1. The first kappa shape index (κ1) is 40.3. The van der Waals surface area contributed by atoms with Gasteiger partial charge in [0.1, 0.15) is 23.3 Å². The van der Waals surface area contributed by atoms with Gasteiger partial charge in [-0.3, -0.25) is 9.69 Å². The highest BCUT2D eigenvalue weighted by molar-refractivity contribution is 5.84. The lowest BCUT2D eigenvalue weighted by molar-refractivity contribution is -0.122. The van der Waals surface area contributed by atoms with Crippen LogP contribution in [0.2, 0.25) is 0 Å². The van der Waals surface area contributed by atoms with E-state index in [2.05, 4.69) is 57.2 Å². The molecule has 0 bridgehead atoms. The van der Waals surface area contributed by atoms with Gasteiger partial charge in [0.05, 0.1) is 35.8 Å². The van der Waals surface area contributed by atoms with Crippen LogP contribution < -0.4 is 21.3 Å². The van der Waals surface area contributed by atoms with Crippen molar-refractivity contribution in [3.05, 3.63) is 95.1 Å². The number of H-pyrrole nitrogens is 1. The molecular weight excluding hydrogens is 732 g/mol. The van der Waals surface area contributed by atoms with Crippen LogP contribution in [0.5, 0.6) is 0 Å². The number of ether oxygens (including phenoxy) is 2. The largest absolute Gasteiger partial charge is 0.444 e. The molecule has 5 aromatic rings. The van der Waals surface area contributed by atoms with Crippen LogP contribution in [-0.4, -0.2) is 105 Å². The Bertz CT molecular complexity index is 2190. The highest BCUT2D eigenvalue weighted by atomic mass is 19.1. The van der Waals surface area contributed by atoms with E-state index in [0.29, 0.717) is 68.3 Å². The number of benzene rings is 3. The summed E-state index contributed by atoms with van der Waals surface area (Å²) >= 11 is 0. The second-order valence-corrected chi connectivity index (χ2v) is 14.6. The highest BCUT2D eigenvalue weighted by Gasteiger charge is 2.26. The number of hydrogen-bond acceptors (Lipinski definition) is 13. The van der Waals surface area contributed by atoms with Crippen molar-refractivity contribution in [3.8, 4) is 6.07 Å². The molecule has 2 aromatic heterocycles. The molecule has 298 valence electrons. The maximum absolute atomic E-state index is 13.8. The van der Waals surface area contributed by atoms with Crippen molar-refractivity contribution in [2.45, 2.75) is 51.9 Å². The zero-order chi connectivity index (χ0) is 40.4. The number of nitriles is 1. The lowest BCUT2D eigenvalue weighted by atomic mass is 10.0. The van der Waals surface area contributed by atoms with E-state index >= 15 is 0 Å². The Kier molecular flexibility index (Phi) is 13.1. The van der Waals surface area contributed by atoms with Gasteiger partial charge in [0.25, 0.3) is 0 Å². The van der Waals surface area contributed by atoms with E-state index in [1.165, 1.54) is 12.1 Å². The predicted octanol–water partition coefficient (Wildman–Crippen LogP) is 4.95. The van der Waals surface area contributed by atoms with Crippen molar-refractivity contribution in [1.82, 2.24) is 40.0 Å². The number of carbonyl (C=O) groups excluding carboxylic acids is 2. The molecule has 5 N–H and O–H groups in total. The first-order valence-corrected chi connectivity index (χ1v) is 18.7. The van der Waals surface area contributed by atoms with Gasteiger partial charge in [-0.15, -0.1) is 0 Å². The van der Waals surface area contributed by atoms with Gasteiger partial charge in [-0.05, 0) is 68.3 Å². The smallest absolute Gasteiger partial charge is 0.410 e. The Labute approximate surface area is 330 Å². The van der Waals surface area contributed by atoms with Gasteiger partial charge in [0.15, 0.2) is 0 Å². The first-order valence-electron chi connectivity index (χ1n) is 18.7. The quantitative estimate of drug-likeness (QED) is 0.0896. The summed E-state index contributed by atoms with van der Waals surface area (Å²) in [6.07, 6.45) is -0.0283. The van der Waals surface area contributed by atoms with E-state index in [1.807, 2.05) is 45.0 Å². The Hall–Kier alpha value is -6.38. The molecule has 1 fully saturated rings. The second-order valence-electron chi connectivity index (χ2n) is 14.6. The molecule has 1 saturated heterocycles. The van der Waals surface area contributed by atoms with Gasteiger partial charge in [0.2, 0.25) is 23.8 Å². The van der Waals surface area contributed by atoms with Crippen LogP contribution in [0.1, 0.15) is 43.3 Å². The Morgan fingerprint density at radius 1 is 0.947 bits per heavy atom. The zero-order valence-corrected chi connectivity index (χ0v) is 32.4. The Morgan fingerprint density at radius 3 is 2.44 bits per heavy atom. The number of nitrogens with zero attached hydrogens (tertiary/aromatic N) is 7. The van der Waals surface area contributed by atoms with Crippen LogP contribution in [0.4, 0.5) is 32.7 Å². The molecule has 0 unspecified atom stereocenters. The van der Waals surface area contributed by atoms with Gasteiger partial charge in [-0.25, -0.2) is 14.2 Å². The summed E-state index contributed by atoms with van der Waals surface area (Å²) in [7, 11) is 1.56. The monoisotopic (exact) mass is 778 g/mol. The van der Waals surface area contributed by atoms with Crippen molar-refractivity contribution in [1.29, 1.82) is 5.26 Å². The predicted molar refractivity (Wildman–Crippen MR) is 213 cm³/mol. The lowest BCUT2D eigenvalue weighted by Gasteiger charge is -2.35. The van der Waals surface area contributed by atoms with Crippen LogP contribution in [0.3, 0.4) is 0 Å². The number of nitrogens with one attached hydrogen (secondary N) is 5. The number of aromatic nitrogens is 5. The molecule has 0 radical (unpaired) electrons. The SMILES string of the molecule is COCCNC(=O)[C@H](Cc1ccc(C#N)cc1)Nc1nc(NCc2nc3cc(F)ccc3[nH]2)nc(Nc2cccc(CN3CCN(C(=O)OC(C)(C)C)CC3)c2)n1. The van der Waals surface area contributed by atoms with E-state index < -0.39 is 11.6 Å². The number of piperazine rings is 1. The van der Waals surface area contributed by atoms with E-state index in [9.17, 15) is 19.2 Å². The fraction of sp³-hybridized carbons (Fsp3) is 0.375. The normalized spacial score (nSPS) is 13.8. The molecule has 57 heavy (non-hydrogen) atoms. The van der Waals surface area contributed by atoms with Crippen molar-refractivity contribution in [2.24, 2.45) is 0 Å². The second kappa shape index (κ2) is 18.5. The number of carbonyl (C=O) groups is 2. The average molecular weight is 779 g/mol. The molecule has 1 atom stereocenters. The van der Waals surface area contributed by atoms with Gasteiger partial charge in [0, 0.05) is 64.6 Å². The molecule has 1 aliphatic heterocycles. The Balaban J connectivity index is 1.21. The molecule has 1 aliphatic rings. The summed E-state index contributed by atoms with van der Waals surface area (Å²) in [5.41, 5.74) is 3.74. The van der Waals surface area contributed by atoms with E-state index in [1.54, 1.807) is 42.3 Å². The van der Waals surface area contributed by atoms with E-state index in [4.69, 9.17) is 9.47 Å². The summed E-state index contributed by atoms with van der Waals surface area (Å²) < 4.78 is 24.5. The van der Waals surface area contributed by atoms with Gasteiger partial charge >= 0.3 is 6.09 Å². The molecule has 0 aliphatic carbocycles. The van der Waals surface area contributed by atoms with Crippen molar-refractivity contribution >= 4 is 46.6 Å². The van der Waals surface area contributed by atoms with Crippen molar-refractivity contribution in [2.75, 3.05) is 62.4 Å². The summed E-state index contributed by atoms with van der Waals surface area (Å²) in [5, 5.41) is 21.8. The number of halogens is 1. The molecule has 17 heteroatoms. The van der Waals surface area contributed by atoms with Crippen LogP contribution >= 0.6 is 0 Å². The van der Waals surface area contributed by atoms with Crippen molar-refractivity contribution in [3.63, 3.8) is 0 Å². The average Bonchev–Trinajstić information content (AvgIpc) is 3.59. The van der Waals surface area contributed by atoms with Crippen molar-refractivity contribution < 1.29 is 23.5 Å². The van der Waals surface area contributed by atoms with Crippen LogP contribution in [-0.2, 0) is 33.8 Å². The topological polar surface area (TPSA) is 198 Å². The number of fused-ring (bicyclic) bond motifs is 1. The number of amides is 2. The maximum atomic E-state index is 13.8. The van der Waals surface area contributed by atoms with Gasteiger partial charge < -0.3 is 40.6 Å². The zero-order valence-electron chi connectivity index (χ0n) is 32.4. The van der Waals surface area contributed by atoms with Crippen LogP contribution in [0.15, 0.2) is 66.7 Å². The number of hydrogen-bond donors (Lipinski definition) is 5. The van der Waals surface area contributed by atoms with Gasteiger partial charge in [-0.1, -0.05) is 24.3 Å². The maximum Gasteiger partial charge on any atom is 0.410 e. The van der Waals surface area contributed by atoms with E-state index in [0.717, 1.165) is 16.8 Å². The summed E-state index contributed by atoms with van der Waals surface area (Å²) in [4.78, 5) is 51.6. The van der Waals surface area contributed by atoms with Crippen LogP contribution in [0.25, 0.3) is 11.0 Å². The van der Waals surface area contributed by atoms with E-state index in [-0.39, 0.29) is 48.6 Å². The number of rotatable bonds is 15. The minimum atomic E-state index is -0.803. The molecule has 16 nitrogen and oxygen atoms in total. The standard InChI is InChI=1S/C40H47FN12O4/c1-40(2,3)57-39(55)53-17-15-52(16-18-53)25-28-6-5-7-30(20-28)45-37-49-36(44-24-34-46-31-13-12-29(41)22-32(31)47-34)50-38(51-37)48-33(35(54)43-14-19-56-4)21-26-8-10-27(23-42)11-9-26/h5-13,20,22,33H,14-19,21,24-25H2,1-4H3,(H,43,54)(H,46,47)(H3,44,45,48,49,50,51)/t33-/m0/s1. The minimum absolute atomic E-state index is 0.126. The molecule has 0 spiro atoms. The summed E-state index contributed by atoms with van der Waals surface area (Å²) in [5.74, 6) is 0.385. The number of aromatic amines is 1.